The van der Waals surface area contributed by atoms with Crippen LogP contribution in [0.1, 0.15) is 40.5 Å². The van der Waals surface area contributed by atoms with E-state index in [0.717, 1.165) is 24.0 Å². The second-order valence-corrected chi connectivity index (χ2v) is 4.52. The van der Waals surface area contributed by atoms with Crippen molar-refractivity contribution < 1.29 is 14.6 Å². The molecule has 0 aliphatic rings. The van der Waals surface area contributed by atoms with E-state index in [1.54, 1.807) is 0 Å². The van der Waals surface area contributed by atoms with E-state index in [4.69, 9.17) is 9.84 Å². The first-order chi connectivity index (χ1) is 8.45. The second kappa shape index (κ2) is 9.66. The predicted octanol–water partition coefficient (Wildman–Crippen LogP) is 3.16. The summed E-state index contributed by atoms with van der Waals surface area (Å²) in [5.41, 5.74) is 3.49. The fourth-order valence-electron chi connectivity index (χ4n) is 1.27. The molecule has 0 aromatic rings. The van der Waals surface area contributed by atoms with E-state index < -0.39 is 0 Å². The van der Waals surface area contributed by atoms with Crippen LogP contribution in [0.3, 0.4) is 0 Å². The number of carbonyl (C=O) groups is 1. The SMILES string of the molecule is CC(=O)OC/C(C)=C/C/C(C)=C/C/C(C)=C/CO. The van der Waals surface area contributed by atoms with Crippen LogP contribution in [-0.2, 0) is 9.53 Å². The van der Waals surface area contributed by atoms with Crippen LogP contribution in [0.25, 0.3) is 0 Å². The van der Waals surface area contributed by atoms with E-state index in [-0.39, 0.29) is 12.6 Å². The standard InChI is InChI=1S/C15H24O3/c1-12(5-6-13(2)9-10-16)7-8-14(3)11-18-15(4)17/h5,8-9,16H,6-7,10-11H2,1-4H3/b12-5+,13-9+,14-8+. The Balaban J connectivity index is 4.11. The van der Waals surface area contributed by atoms with Gasteiger partial charge < -0.3 is 9.84 Å². The van der Waals surface area contributed by atoms with Crippen LogP contribution in [0.2, 0.25) is 0 Å². The van der Waals surface area contributed by atoms with Gasteiger partial charge in [0.2, 0.25) is 0 Å². The highest BCUT2D eigenvalue weighted by Crippen LogP contribution is 2.09. The predicted molar refractivity (Wildman–Crippen MR) is 74.2 cm³/mol. The maximum atomic E-state index is 10.6. The number of hydrogen-bond donors (Lipinski definition) is 1. The lowest BCUT2D eigenvalue weighted by Gasteiger charge is -2.03. The summed E-state index contributed by atoms with van der Waals surface area (Å²) in [6, 6.07) is 0. The van der Waals surface area contributed by atoms with Crippen molar-refractivity contribution in [2.45, 2.75) is 40.5 Å². The van der Waals surface area contributed by atoms with Crippen LogP contribution in [0, 0.1) is 0 Å². The second-order valence-electron chi connectivity index (χ2n) is 4.52. The zero-order valence-electron chi connectivity index (χ0n) is 11.8. The summed E-state index contributed by atoms with van der Waals surface area (Å²) in [7, 11) is 0. The number of rotatable bonds is 7. The number of allylic oxidation sites excluding steroid dienone is 4. The van der Waals surface area contributed by atoms with E-state index in [9.17, 15) is 4.79 Å². The third kappa shape index (κ3) is 9.85. The monoisotopic (exact) mass is 252 g/mol. The minimum absolute atomic E-state index is 0.0973. The van der Waals surface area contributed by atoms with Crippen LogP contribution in [-0.4, -0.2) is 24.3 Å². The normalized spacial score (nSPS) is 13.7. The molecule has 0 saturated heterocycles. The van der Waals surface area contributed by atoms with Gasteiger partial charge in [-0.25, -0.2) is 0 Å². The molecule has 0 amide bonds. The van der Waals surface area contributed by atoms with Crippen molar-refractivity contribution in [2.24, 2.45) is 0 Å². The Morgan fingerprint density at radius 3 is 1.94 bits per heavy atom. The highest BCUT2D eigenvalue weighted by molar-refractivity contribution is 5.66. The summed E-state index contributed by atoms with van der Waals surface area (Å²) in [6.07, 6.45) is 7.76. The maximum Gasteiger partial charge on any atom is 0.302 e. The molecule has 3 heteroatoms. The Kier molecular flexibility index (Phi) is 8.93. The lowest BCUT2D eigenvalue weighted by atomic mass is 10.1. The van der Waals surface area contributed by atoms with E-state index in [1.165, 1.54) is 12.5 Å². The minimum atomic E-state index is -0.250. The molecular weight excluding hydrogens is 228 g/mol. The smallest absolute Gasteiger partial charge is 0.302 e. The fraction of sp³-hybridized carbons (Fsp3) is 0.533. The lowest BCUT2D eigenvalue weighted by molar-refractivity contribution is -0.139. The summed E-state index contributed by atoms with van der Waals surface area (Å²) >= 11 is 0. The Morgan fingerprint density at radius 1 is 0.944 bits per heavy atom. The fourth-order valence-corrected chi connectivity index (χ4v) is 1.27. The molecule has 0 heterocycles. The molecule has 102 valence electrons. The van der Waals surface area contributed by atoms with Gasteiger partial charge in [-0.2, -0.15) is 0 Å². The number of esters is 1. The molecule has 0 radical (unpaired) electrons. The maximum absolute atomic E-state index is 10.6. The van der Waals surface area contributed by atoms with E-state index in [2.05, 4.69) is 19.1 Å². The first-order valence-corrected chi connectivity index (χ1v) is 6.16. The summed E-state index contributed by atoms with van der Waals surface area (Å²) in [6.45, 7) is 7.90. The summed E-state index contributed by atoms with van der Waals surface area (Å²) < 4.78 is 4.90. The van der Waals surface area contributed by atoms with Gasteiger partial charge in [0.15, 0.2) is 0 Å². The number of hydrogen-bond acceptors (Lipinski definition) is 3. The minimum Gasteiger partial charge on any atom is -0.461 e. The average molecular weight is 252 g/mol. The molecule has 3 nitrogen and oxygen atoms in total. The van der Waals surface area contributed by atoms with Gasteiger partial charge in [-0.1, -0.05) is 29.4 Å². The molecule has 1 N–H and O–H groups in total. The highest BCUT2D eigenvalue weighted by atomic mass is 16.5. The first-order valence-electron chi connectivity index (χ1n) is 6.16. The molecule has 0 saturated carbocycles. The summed E-state index contributed by atoms with van der Waals surface area (Å²) in [5.74, 6) is -0.250. The quantitative estimate of drug-likeness (QED) is 0.559. The molecule has 0 unspecified atom stereocenters. The third-order valence-electron chi connectivity index (χ3n) is 2.49. The molecule has 0 aromatic heterocycles. The Hall–Kier alpha value is -1.35. The first kappa shape index (κ1) is 16.6. The highest BCUT2D eigenvalue weighted by Gasteiger charge is 1.95. The van der Waals surface area contributed by atoms with Gasteiger partial charge >= 0.3 is 5.97 Å². The molecule has 0 fully saturated rings. The van der Waals surface area contributed by atoms with Gasteiger partial charge in [0.05, 0.1) is 6.61 Å². The van der Waals surface area contributed by atoms with Gasteiger partial charge in [0.1, 0.15) is 6.61 Å². The third-order valence-corrected chi connectivity index (χ3v) is 2.49. The van der Waals surface area contributed by atoms with Crippen LogP contribution in [0.4, 0.5) is 0 Å². The summed E-state index contributed by atoms with van der Waals surface area (Å²) in [5, 5.41) is 8.73. The molecule has 0 atom stereocenters. The van der Waals surface area contributed by atoms with E-state index >= 15 is 0 Å². The van der Waals surface area contributed by atoms with E-state index in [0.29, 0.717) is 6.61 Å². The Bertz CT molecular complexity index is 349. The zero-order valence-corrected chi connectivity index (χ0v) is 11.8. The Labute approximate surface area is 110 Å². The van der Waals surface area contributed by atoms with Gasteiger partial charge in [-0.15, -0.1) is 0 Å². The molecule has 0 aliphatic heterocycles. The summed E-state index contributed by atoms with van der Waals surface area (Å²) in [4.78, 5) is 10.6. The van der Waals surface area contributed by atoms with Crippen molar-refractivity contribution in [3.8, 4) is 0 Å². The van der Waals surface area contributed by atoms with Crippen molar-refractivity contribution in [3.63, 3.8) is 0 Å². The number of ether oxygens (including phenoxy) is 1. The van der Waals surface area contributed by atoms with Crippen LogP contribution in [0.5, 0.6) is 0 Å². The molecule has 0 aliphatic carbocycles. The van der Waals surface area contributed by atoms with Crippen molar-refractivity contribution in [2.75, 3.05) is 13.2 Å². The number of aliphatic hydroxyl groups is 1. The average Bonchev–Trinajstić information content (AvgIpc) is 2.31. The van der Waals surface area contributed by atoms with Crippen molar-refractivity contribution in [1.82, 2.24) is 0 Å². The molecular formula is C15H24O3. The Morgan fingerprint density at radius 2 is 1.44 bits per heavy atom. The molecule has 0 spiro atoms. The number of carbonyl (C=O) groups excluding carboxylic acids is 1. The van der Waals surface area contributed by atoms with Crippen molar-refractivity contribution in [1.29, 1.82) is 0 Å². The van der Waals surface area contributed by atoms with Gasteiger partial charge in [0, 0.05) is 6.92 Å². The number of aliphatic hydroxyl groups excluding tert-OH is 1. The van der Waals surface area contributed by atoms with Crippen LogP contribution < -0.4 is 0 Å². The molecule has 0 bridgehead atoms. The van der Waals surface area contributed by atoms with Crippen molar-refractivity contribution >= 4 is 5.97 Å². The zero-order chi connectivity index (χ0) is 14.0. The largest absolute Gasteiger partial charge is 0.461 e. The molecule has 0 rings (SSSR count). The van der Waals surface area contributed by atoms with Gasteiger partial charge in [-0.05, 0) is 39.2 Å². The molecule has 18 heavy (non-hydrogen) atoms. The van der Waals surface area contributed by atoms with Crippen molar-refractivity contribution in [3.05, 3.63) is 34.9 Å². The van der Waals surface area contributed by atoms with Gasteiger partial charge in [-0.3, -0.25) is 4.79 Å². The van der Waals surface area contributed by atoms with Gasteiger partial charge in [0.25, 0.3) is 0 Å². The van der Waals surface area contributed by atoms with E-state index in [1.807, 2.05) is 19.9 Å². The van der Waals surface area contributed by atoms with Crippen LogP contribution >= 0.6 is 0 Å². The lowest BCUT2D eigenvalue weighted by Crippen LogP contribution is -2.01. The topological polar surface area (TPSA) is 46.5 Å². The molecule has 0 aromatic carbocycles. The van der Waals surface area contributed by atoms with Crippen LogP contribution in [0.15, 0.2) is 34.9 Å².